The highest BCUT2D eigenvalue weighted by atomic mass is 32.2. The fourth-order valence-electron chi connectivity index (χ4n) is 5.97. The summed E-state index contributed by atoms with van der Waals surface area (Å²) in [6.07, 6.45) is 3.19. The van der Waals surface area contributed by atoms with E-state index in [2.05, 4.69) is 70.7 Å². The number of H-pyrrole nitrogens is 1. The molecule has 3 atom stereocenters. The summed E-state index contributed by atoms with van der Waals surface area (Å²) < 4.78 is 0. The summed E-state index contributed by atoms with van der Waals surface area (Å²) in [5.74, 6) is 0.434. The third-order valence-corrected chi connectivity index (χ3v) is 8.57. The number of nitrogens with zero attached hydrogens (tertiary/aromatic N) is 2. The van der Waals surface area contributed by atoms with Gasteiger partial charge in [0.1, 0.15) is 0 Å². The summed E-state index contributed by atoms with van der Waals surface area (Å²) in [5, 5.41) is 6.06. The molecule has 1 aliphatic carbocycles. The number of rotatable bonds is 7. The number of aromatic nitrogens is 1. The zero-order chi connectivity index (χ0) is 23.7. The van der Waals surface area contributed by atoms with Gasteiger partial charge in [0, 0.05) is 53.4 Å². The first-order valence-corrected chi connectivity index (χ1v) is 13.6. The molecule has 2 amide bonds. The van der Waals surface area contributed by atoms with Crippen molar-refractivity contribution in [2.75, 3.05) is 26.2 Å². The van der Waals surface area contributed by atoms with Gasteiger partial charge in [0.05, 0.1) is 5.03 Å². The third-order valence-electron chi connectivity index (χ3n) is 7.51. The maximum Gasteiger partial charge on any atom is 0.317 e. The second kappa shape index (κ2) is 10.0. The lowest BCUT2D eigenvalue weighted by molar-refractivity contribution is 0.0976. The molecular formula is C28H36N4OS. The lowest BCUT2D eigenvalue weighted by Crippen LogP contribution is -2.57. The predicted octanol–water partition coefficient (Wildman–Crippen LogP) is 5.86. The summed E-state index contributed by atoms with van der Waals surface area (Å²) in [4.78, 5) is 22.4. The number of hydrogen-bond donors (Lipinski definition) is 2. The Morgan fingerprint density at radius 1 is 1.12 bits per heavy atom. The fourth-order valence-corrected chi connectivity index (χ4v) is 6.97. The van der Waals surface area contributed by atoms with Gasteiger partial charge in [-0.2, -0.15) is 0 Å². The van der Waals surface area contributed by atoms with Crippen LogP contribution in [-0.4, -0.2) is 59.1 Å². The van der Waals surface area contributed by atoms with Gasteiger partial charge in [-0.15, -0.1) is 0 Å². The molecule has 0 saturated carbocycles. The first-order valence-electron chi connectivity index (χ1n) is 12.8. The number of hydrogen-bond acceptors (Lipinski definition) is 3. The lowest BCUT2D eigenvalue weighted by Gasteiger charge is -2.47. The van der Waals surface area contributed by atoms with Crippen LogP contribution >= 0.6 is 11.8 Å². The number of carbonyl (C=O) groups is 1. The number of urea groups is 1. The minimum absolute atomic E-state index is 0.0720. The Morgan fingerprint density at radius 2 is 1.91 bits per heavy atom. The first kappa shape index (κ1) is 23.3. The monoisotopic (exact) mass is 476 g/mol. The average Bonchev–Trinajstić information content (AvgIpc) is 3.19. The molecular weight excluding hydrogens is 440 g/mol. The molecule has 5 rings (SSSR count). The van der Waals surface area contributed by atoms with Crippen LogP contribution in [0.3, 0.4) is 0 Å². The van der Waals surface area contributed by atoms with E-state index in [0.717, 1.165) is 45.4 Å². The minimum atomic E-state index is 0.0720. The summed E-state index contributed by atoms with van der Waals surface area (Å²) in [7, 11) is 0. The van der Waals surface area contributed by atoms with Crippen molar-refractivity contribution in [2.45, 2.75) is 68.0 Å². The van der Waals surface area contributed by atoms with E-state index in [1.807, 2.05) is 30.5 Å². The van der Waals surface area contributed by atoms with Crippen molar-refractivity contribution >= 4 is 28.7 Å². The number of amides is 2. The van der Waals surface area contributed by atoms with E-state index in [1.54, 1.807) is 0 Å². The van der Waals surface area contributed by atoms with Crippen LogP contribution < -0.4 is 5.32 Å². The molecule has 2 aromatic carbocycles. The Hall–Kier alpha value is -2.44. The van der Waals surface area contributed by atoms with Crippen LogP contribution in [0.15, 0.2) is 58.5 Å². The van der Waals surface area contributed by atoms with Crippen molar-refractivity contribution in [2.24, 2.45) is 0 Å². The average molecular weight is 477 g/mol. The summed E-state index contributed by atoms with van der Waals surface area (Å²) in [5.41, 5.74) is 4.15. The van der Waals surface area contributed by atoms with Gasteiger partial charge in [0.15, 0.2) is 0 Å². The smallest absolute Gasteiger partial charge is 0.317 e. The SMILES string of the molecule is CCCN1C[C@@H](NC(=O)N(CC)CC)C[C@@H]2c3cccc4[nH]c(Sc5ccccc5)c(c34)C[C@H]21. The lowest BCUT2D eigenvalue weighted by atomic mass is 9.73. The van der Waals surface area contributed by atoms with Gasteiger partial charge in [-0.1, -0.05) is 49.0 Å². The molecule has 0 spiro atoms. The van der Waals surface area contributed by atoms with Crippen LogP contribution in [0.4, 0.5) is 4.79 Å². The van der Waals surface area contributed by atoms with Gasteiger partial charge in [-0.05, 0) is 69.0 Å². The number of fused-ring (bicyclic) bond motifs is 2. The number of aromatic amines is 1. The molecule has 1 aromatic heterocycles. The molecule has 1 fully saturated rings. The zero-order valence-electron chi connectivity index (χ0n) is 20.5. The molecule has 1 aliphatic heterocycles. The molecule has 2 aliphatic rings. The minimum Gasteiger partial charge on any atom is -0.349 e. The van der Waals surface area contributed by atoms with Crippen LogP contribution in [0.5, 0.6) is 0 Å². The Morgan fingerprint density at radius 3 is 2.65 bits per heavy atom. The molecule has 0 unspecified atom stereocenters. The van der Waals surface area contributed by atoms with E-state index >= 15 is 0 Å². The molecule has 34 heavy (non-hydrogen) atoms. The number of carbonyl (C=O) groups excluding carboxylic acids is 1. The summed E-state index contributed by atoms with van der Waals surface area (Å²) in [6, 6.07) is 18.1. The highest BCUT2D eigenvalue weighted by Crippen LogP contribution is 2.47. The molecule has 3 aromatic rings. The second-order valence-electron chi connectivity index (χ2n) is 9.54. The number of nitrogens with one attached hydrogen (secondary N) is 2. The van der Waals surface area contributed by atoms with Crippen molar-refractivity contribution in [3.63, 3.8) is 0 Å². The molecule has 6 heteroatoms. The van der Waals surface area contributed by atoms with Crippen molar-refractivity contribution in [1.29, 1.82) is 0 Å². The first-order chi connectivity index (χ1) is 16.6. The van der Waals surface area contributed by atoms with Crippen LogP contribution in [0.25, 0.3) is 10.9 Å². The maximum atomic E-state index is 12.9. The van der Waals surface area contributed by atoms with Crippen molar-refractivity contribution in [1.82, 2.24) is 20.1 Å². The second-order valence-corrected chi connectivity index (χ2v) is 10.6. The molecule has 180 valence electrons. The van der Waals surface area contributed by atoms with Crippen molar-refractivity contribution in [3.8, 4) is 0 Å². The number of piperidine rings is 1. The Kier molecular flexibility index (Phi) is 6.89. The largest absolute Gasteiger partial charge is 0.349 e. The van der Waals surface area contributed by atoms with Crippen LogP contribution in [0.2, 0.25) is 0 Å². The Bertz CT molecular complexity index is 1140. The van der Waals surface area contributed by atoms with E-state index < -0.39 is 0 Å². The van der Waals surface area contributed by atoms with Crippen molar-refractivity contribution in [3.05, 3.63) is 59.7 Å². The quantitative estimate of drug-likeness (QED) is 0.449. The highest BCUT2D eigenvalue weighted by Gasteiger charge is 2.42. The predicted molar refractivity (Wildman–Crippen MR) is 141 cm³/mol. The van der Waals surface area contributed by atoms with Gasteiger partial charge in [0.25, 0.3) is 0 Å². The topological polar surface area (TPSA) is 51.4 Å². The van der Waals surface area contributed by atoms with Gasteiger partial charge >= 0.3 is 6.03 Å². The molecule has 0 radical (unpaired) electrons. The molecule has 1 saturated heterocycles. The van der Waals surface area contributed by atoms with E-state index in [9.17, 15) is 4.79 Å². The van der Waals surface area contributed by atoms with Crippen LogP contribution in [0.1, 0.15) is 50.7 Å². The van der Waals surface area contributed by atoms with Gasteiger partial charge in [-0.25, -0.2) is 4.79 Å². The molecule has 2 heterocycles. The number of benzene rings is 2. The maximum absolute atomic E-state index is 12.9. The van der Waals surface area contributed by atoms with Crippen molar-refractivity contribution < 1.29 is 4.79 Å². The van der Waals surface area contributed by atoms with Crippen LogP contribution in [-0.2, 0) is 6.42 Å². The summed E-state index contributed by atoms with van der Waals surface area (Å²) >= 11 is 1.84. The molecule has 0 bridgehead atoms. The van der Waals surface area contributed by atoms with E-state index in [0.29, 0.717) is 12.0 Å². The molecule has 2 N–H and O–H groups in total. The van der Waals surface area contributed by atoms with Crippen LogP contribution in [0, 0.1) is 0 Å². The third kappa shape index (κ3) is 4.34. The van der Waals surface area contributed by atoms with Gasteiger partial charge in [-0.3, -0.25) is 4.90 Å². The molecule has 5 nitrogen and oxygen atoms in total. The van der Waals surface area contributed by atoms with E-state index in [-0.39, 0.29) is 12.1 Å². The fraction of sp³-hybridized carbons (Fsp3) is 0.464. The Labute approximate surface area is 207 Å². The number of likely N-dealkylation sites (tertiary alicyclic amines) is 1. The van der Waals surface area contributed by atoms with E-state index in [4.69, 9.17) is 0 Å². The zero-order valence-corrected chi connectivity index (χ0v) is 21.3. The normalized spacial score (nSPS) is 21.9. The highest BCUT2D eigenvalue weighted by molar-refractivity contribution is 7.99. The van der Waals surface area contributed by atoms with Gasteiger partial charge in [0.2, 0.25) is 0 Å². The Balaban J connectivity index is 1.49. The van der Waals surface area contributed by atoms with Gasteiger partial charge < -0.3 is 15.2 Å². The summed E-state index contributed by atoms with van der Waals surface area (Å²) in [6.45, 7) is 9.83. The van der Waals surface area contributed by atoms with E-state index in [1.165, 1.54) is 32.0 Å². The standard InChI is InChI=1S/C28H36N4OS/c1-4-15-32-18-19(29-28(33)31(5-2)6-3)16-22-21-13-10-14-24-26(21)23(17-25(22)32)27(30-24)34-20-11-8-7-9-12-20/h7-14,19,22,25,30H,4-6,15-18H2,1-3H3,(H,29,33)/t19-,22+,25+/m0/s1.